The second-order valence-electron chi connectivity index (χ2n) is 4.76. The molecule has 1 atom stereocenters. The monoisotopic (exact) mass is 300 g/mol. The Bertz CT molecular complexity index is 641. The Hall–Kier alpha value is -1.52. The molecular weight excluding hydrogens is 289 g/mol. The average molecular weight is 301 g/mol. The summed E-state index contributed by atoms with van der Waals surface area (Å²) in [7, 11) is 0. The molecule has 0 aliphatic carbocycles. The Kier molecular flexibility index (Phi) is 4.06. The van der Waals surface area contributed by atoms with Gasteiger partial charge in [0.1, 0.15) is 5.82 Å². The Morgan fingerprint density at radius 3 is 2.35 bits per heavy atom. The highest BCUT2D eigenvalue weighted by molar-refractivity contribution is 6.31. The highest BCUT2D eigenvalue weighted by atomic mass is 35.5. The number of halogens is 4. The summed E-state index contributed by atoms with van der Waals surface area (Å²) < 4.78 is 40.3. The van der Waals surface area contributed by atoms with Crippen molar-refractivity contribution in [1.82, 2.24) is 0 Å². The first-order valence-corrected chi connectivity index (χ1v) is 6.30. The summed E-state index contributed by atoms with van der Waals surface area (Å²) in [6.45, 7) is 1.33. The molecule has 0 radical (unpaired) electrons. The molecule has 1 nitrogen and oxygen atoms in total. The smallest absolute Gasteiger partial charge is 0.164 e. The van der Waals surface area contributed by atoms with Crippen molar-refractivity contribution >= 4 is 11.6 Å². The third kappa shape index (κ3) is 2.81. The molecule has 106 valence electrons. The van der Waals surface area contributed by atoms with Crippen molar-refractivity contribution in [2.45, 2.75) is 18.9 Å². The van der Waals surface area contributed by atoms with Crippen LogP contribution in [-0.4, -0.2) is 5.11 Å². The molecule has 0 heterocycles. The molecule has 0 amide bonds. The average Bonchev–Trinajstić information content (AvgIpc) is 2.38. The van der Waals surface area contributed by atoms with Crippen LogP contribution in [-0.2, 0) is 12.0 Å². The molecule has 20 heavy (non-hydrogen) atoms. The maximum Gasteiger partial charge on any atom is 0.164 e. The maximum absolute atomic E-state index is 13.7. The predicted octanol–water partition coefficient (Wildman–Crippen LogP) is 4.21. The van der Waals surface area contributed by atoms with Crippen molar-refractivity contribution in [1.29, 1.82) is 0 Å². The largest absolute Gasteiger partial charge is 0.385 e. The van der Waals surface area contributed by atoms with Gasteiger partial charge in [-0.05, 0) is 24.6 Å². The third-order valence-corrected chi connectivity index (χ3v) is 3.52. The molecule has 0 fully saturated rings. The first-order valence-electron chi connectivity index (χ1n) is 5.92. The predicted molar refractivity (Wildman–Crippen MR) is 71.0 cm³/mol. The van der Waals surface area contributed by atoms with Crippen LogP contribution in [0.2, 0.25) is 5.02 Å². The second kappa shape index (κ2) is 5.46. The normalized spacial score (nSPS) is 14.1. The van der Waals surface area contributed by atoms with E-state index in [-0.39, 0.29) is 17.0 Å². The first-order chi connectivity index (χ1) is 9.33. The van der Waals surface area contributed by atoms with Gasteiger partial charge in [0.15, 0.2) is 11.6 Å². The zero-order valence-electron chi connectivity index (χ0n) is 10.6. The molecule has 0 saturated carbocycles. The van der Waals surface area contributed by atoms with E-state index in [9.17, 15) is 18.3 Å². The van der Waals surface area contributed by atoms with Crippen molar-refractivity contribution in [3.8, 4) is 0 Å². The lowest BCUT2D eigenvalue weighted by Crippen LogP contribution is -2.26. The van der Waals surface area contributed by atoms with E-state index in [2.05, 4.69) is 0 Å². The van der Waals surface area contributed by atoms with Crippen LogP contribution >= 0.6 is 11.6 Å². The first kappa shape index (κ1) is 14.9. The van der Waals surface area contributed by atoms with E-state index in [1.807, 2.05) is 0 Å². The van der Waals surface area contributed by atoms with E-state index < -0.39 is 23.1 Å². The van der Waals surface area contributed by atoms with Gasteiger partial charge >= 0.3 is 0 Å². The molecule has 2 aromatic rings. The summed E-state index contributed by atoms with van der Waals surface area (Å²) in [6, 6.07) is 7.69. The summed E-state index contributed by atoms with van der Waals surface area (Å²) in [5.41, 5.74) is -1.58. The molecule has 0 bridgehead atoms. The summed E-state index contributed by atoms with van der Waals surface area (Å²) in [6.07, 6.45) is -0.135. The number of hydrogen-bond donors (Lipinski definition) is 1. The molecular formula is C15H12ClF3O. The molecule has 0 aliphatic rings. The van der Waals surface area contributed by atoms with Gasteiger partial charge in [0.25, 0.3) is 0 Å². The Morgan fingerprint density at radius 1 is 1.05 bits per heavy atom. The fraction of sp³-hybridized carbons (Fsp3) is 0.200. The fourth-order valence-corrected chi connectivity index (χ4v) is 2.26. The van der Waals surface area contributed by atoms with Crippen LogP contribution in [0.5, 0.6) is 0 Å². The van der Waals surface area contributed by atoms with Crippen molar-refractivity contribution in [3.63, 3.8) is 0 Å². The van der Waals surface area contributed by atoms with Gasteiger partial charge in [0, 0.05) is 12.0 Å². The van der Waals surface area contributed by atoms with Crippen molar-refractivity contribution < 1.29 is 18.3 Å². The minimum absolute atomic E-state index is 0.135. The molecule has 0 aromatic heterocycles. The van der Waals surface area contributed by atoms with Gasteiger partial charge in [0.2, 0.25) is 0 Å². The van der Waals surface area contributed by atoms with Gasteiger partial charge < -0.3 is 5.11 Å². The van der Waals surface area contributed by atoms with E-state index in [4.69, 9.17) is 11.6 Å². The molecule has 1 N–H and O–H groups in total. The van der Waals surface area contributed by atoms with Gasteiger partial charge in [-0.2, -0.15) is 0 Å². The molecule has 2 rings (SSSR count). The number of benzene rings is 2. The number of rotatable bonds is 3. The maximum atomic E-state index is 13.7. The van der Waals surface area contributed by atoms with E-state index in [0.29, 0.717) is 5.56 Å². The molecule has 0 saturated heterocycles. The summed E-state index contributed by atoms with van der Waals surface area (Å²) in [5.74, 6) is -2.79. The quantitative estimate of drug-likeness (QED) is 0.900. The number of hydrogen-bond acceptors (Lipinski definition) is 1. The summed E-state index contributed by atoms with van der Waals surface area (Å²) in [4.78, 5) is 0. The number of aliphatic hydroxyl groups is 1. The molecule has 1 unspecified atom stereocenters. The van der Waals surface area contributed by atoms with E-state index in [0.717, 1.165) is 6.07 Å². The van der Waals surface area contributed by atoms with Crippen LogP contribution in [0.15, 0.2) is 36.4 Å². The van der Waals surface area contributed by atoms with Crippen LogP contribution in [0.4, 0.5) is 13.2 Å². The lowest BCUT2D eigenvalue weighted by molar-refractivity contribution is 0.0530. The highest BCUT2D eigenvalue weighted by Gasteiger charge is 2.29. The van der Waals surface area contributed by atoms with Crippen LogP contribution in [0, 0.1) is 17.5 Å². The van der Waals surface area contributed by atoms with Crippen molar-refractivity contribution in [2.75, 3.05) is 0 Å². The lowest BCUT2D eigenvalue weighted by atomic mass is 9.88. The summed E-state index contributed by atoms with van der Waals surface area (Å²) in [5, 5.41) is 10.2. The standard InChI is InChI=1S/C15H12ClF3O/c1-15(20,10-5-3-7-12(18)14(10)19)8-9-4-2-6-11(17)13(9)16/h2-7,20H,8H2,1H3. The van der Waals surface area contributed by atoms with Gasteiger partial charge in [-0.25, -0.2) is 13.2 Å². The Morgan fingerprint density at radius 2 is 1.65 bits per heavy atom. The van der Waals surface area contributed by atoms with Gasteiger partial charge in [0.05, 0.1) is 10.6 Å². The Balaban J connectivity index is 2.40. The second-order valence-corrected chi connectivity index (χ2v) is 5.14. The van der Waals surface area contributed by atoms with Gasteiger partial charge in [-0.15, -0.1) is 0 Å². The topological polar surface area (TPSA) is 20.2 Å². The van der Waals surface area contributed by atoms with E-state index >= 15 is 0 Å². The molecule has 0 aliphatic heterocycles. The van der Waals surface area contributed by atoms with Crippen molar-refractivity contribution in [2.24, 2.45) is 0 Å². The van der Waals surface area contributed by atoms with Crippen LogP contribution in [0.1, 0.15) is 18.1 Å². The van der Waals surface area contributed by atoms with E-state index in [1.54, 1.807) is 0 Å². The molecule has 2 aromatic carbocycles. The minimum Gasteiger partial charge on any atom is -0.385 e. The zero-order valence-corrected chi connectivity index (χ0v) is 11.4. The van der Waals surface area contributed by atoms with E-state index in [1.165, 1.54) is 37.3 Å². The SMILES string of the molecule is CC(O)(Cc1cccc(F)c1Cl)c1cccc(F)c1F. The van der Waals surface area contributed by atoms with Crippen LogP contribution in [0.25, 0.3) is 0 Å². The summed E-state index contributed by atoms with van der Waals surface area (Å²) >= 11 is 5.80. The van der Waals surface area contributed by atoms with Crippen molar-refractivity contribution in [3.05, 3.63) is 70.0 Å². The zero-order chi connectivity index (χ0) is 14.9. The lowest BCUT2D eigenvalue weighted by Gasteiger charge is -2.25. The molecule has 0 spiro atoms. The highest BCUT2D eigenvalue weighted by Crippen LogP contribution is 2.31. The Labute approximate surface area is 119 Å². The van der Waals surface area contributed by atoms with Gasteiger partial charge in [-0.1, -0.05) is 35.9 Å². The third-order valence-electron chi connectivity index (χ3n) is 3.10. The van der Waals surface area contributed by atoms with Crippen LogP contribution < -0.4 is 0 Å². The van der Waals surface area contributed by atoms with Crippen LogP contribution in [0.3, 0.4) is 0 Å². The minimum atomic E-state index is -1.70. The molecule has 5 heteroatoms. The fourth-order valence-electron chi connectivity index (χ4n) is 2.07. The van der Waals surface area contributed by atoms with Gasteiger partial charge in [-0.3, -0.25) is 0 Å².